The van der Waals surface area contributed by atoms with Gasteiger partial charge in [0.25, 0.3) is 5.56 Å². The number of aliphatic imine (C=N–C) groups is 1. The molecule has 9 heteroatoms. The van der Waals surface area contributed by atoms with Crippen LogP contribution in [0.3, 0.4) is 0 Å². The van der Waals surface area contributed by atoms with Gasteiger partial charge in [0.05, 0.1) is 11.5 Å². The van der Waals surface area contributed by atoms with Gasteiger partial charge in [0.1, 0.15) is 11.0 Å². The lowest BCUT2D eigenvalue weighted by atomic mass is 9.77. The molecule has 1 aliphatic carbocycles. The third-order valence-electron chi connectivity index (χ3n) is 6.20. The molecule has 5 rings (SSSR count). The highest BCUT2D eigenvalue weighted by Crippen LogP contribution is 2.38. The largest absolute Gasteiger partial charge is 0.339 e. The van der Waals surface area contributed by atoms with Crippen molar-refractivity contribution < 1.29 is 4.52 Å². The number of benzene rings is 1. The Balaban J connectivity index is 1.30. The Morgan fingerprint density at radius 1 is 1.16 bits per heavy atom. The molecule has 166 valence electrons. The maximum Gasteiger partial charge on any atom is 0.332 e. The molecule has 1 unspecified atom stereocenters. The maximum absolute atomic E-state index is 13.0. The molecule has 0 fully saturated rings. The van der Waals surface area contributed by atoms with Crippen molar-refractivity contribution >= 4 is 22.6 Å². The highest BCUT2D eigenvalue weighted by molar-refractivity contribution is 6.66. The molecule has 1 aliphatic heterocycles. The predicted molar refractivity (Wildman–Crippen MR) is 121 cm³/mol. The van der Waals surface area contributed by atoms with Gasteiger partial charge in [-0.25, -0.2) is 9.79 Å². The van der Waals surface area contributed by atoms with Gasteiger partial charge in [0, 0.05) is 25.9 Å². The van der Waals surface area contributed by atoms with Crippen molar-refractivity contribution in [1.82, 2.24) is 19.3 Å². The lowest BCUT2D eigenvalue weighted by molar-refractivity contribution is 0.363. The van der Waals surface area contributed by atoms with E-state index in [0.717, 1.165) is 19.3 Å². The first-order chi connectivity index (χ1) is 15.6. The standard InChI is InChI=1S/C23H24ClN5O3/c1-2-3-10-28-21-17(13-18(24)25-21)22(30)29(23(28)31)11-6-9-19-26-20(27-32-19)16-12-14-7-4-5-8-15(14)16/h4-5,7-8,16H,2-3,6,9-13H2,1H3. The van der Waals surface area contributed by atoms with Crippen LogP contribution in [0.5, 0.6) is 0 Å². The highest BCUT2D eigenvalue weighted by Gasteiger charge is 2.31. The molecule has 8 nitrogen and oxygen atoms in total. The molecule has 0 radical (unpaired) electrons. The maximum atomic E-state index is 13.0. The smallest absolute Gasteiger partial charge is 0.332 e. The molecule has 0 N–H and O–H groups in total. The van der Waals surface area contributed by atoms with E-state index in [1.54, 1.807) is 4.57 Å². The van der Waals surface area contributed by atoms with Crippen molar-refractivity contribution in [3.63, 3.8) is 0 Å². The molecular weight excluding hydrogens is 430 g/mol. The summed E-state index contributed by atoms with van der Waals surface area (Å²) in [6.07, 6.45) is 3.99. The van der Waals surface area contributed by atoms with Crippen LogP contribution in [0, 0.1) is 0 Å². The van der Waals surface area contributed by atoms with Crippen LogP contribution in [0.4, 0.5) is 5.82 Å². The van der Waals surface area contributed by atoms with Crippen molar-refractivity contribution in [1.29, 1.82) is 0 Å². The number of hydrogen-bond donors (Lipinski definition) is 0. The number of rotatable bonds is 8. The SMILES string of the molecule is CCCCn1c2c(c(=O)n(CCCc3nc(C4Cc5ccccc54)no3)c1=O)CC(Cl)=N2. The topological polar surface area (TPSA) is 95.3 Å². The second-order valence-electron chi connectivity index (χ2n) is 8.32. The fourth-order valence-electron chi connectivity index (χ4n) is 4.43. The van der Waals surface area contributed by atoms with E-state index >= 15 is 0 Å². The zero-order valence-electron chi connectivity index (χ0n) is 17.9. The van der Waals surface area contributed by atoms with Gasteiger partial charge < -0.3 is 4.52 Å². The summed E-state index contributed by atoms with van der Waals surface area (Å²) < 4.78 is 8.30. The zero-order valence-corrected chi connectivity index (χ0v) is 18.6. The Kier molecular flexibility index (Phi) is 5.55. The molecule has 0 spiro atoms. The highest BCUT2D eigenvalue weighted by atomic mass is 35.5. The van der Waals surface area contributed by atoms with Crippen LogP contribution < -0.4 is 11.2 Å². The number of aromatic nitrogens is 4. The average Bonchev–Trinajstić information content (AvgIpc) is 3.38. The van der Waals surface area contributed by atoms with E-state index < -0.39 is 0 Å². The second-order valence-corrected chi connectivity index (χ2v) is 8.75. The molecule has 32 heavy (non-hydrogen) atoms. The lowest BCUT2D eigenvalue weighted by Gasteiger charge is -2.27. The van der Waals surface area contributed by atoms with Crippen molar-refractivity contribution in [2.24, 2.45) is 4.99 Å². The third-order valence-corrected chi connectivity index (χ3v) is 6.42. The van der Waals surface area contributed by atoms with E-state index in [1.165, 1.54) is 15.7 Å². The molecule has 0 saturated carbocycles. The van der Waals surface area contributed by atoms with Crippen molar-refractivity contribution in [3.8, 4) is 0 Å². The van der Waals surface area contributed by atoms with Crippen molar-refractivity contribution in [2.45, 2.75) is 64.5 Å². The summed E-state index contributed by atoms with van der Waals surface area (Å²) in [5.74, 6) is 1.81. The Labute approximate surface area is 189 Å². The van der Waals surface area contributed by atoms with Gasteiger partial charge in [-0.2, -0.15) is 4.98 Å². The molecule has 2 aliphatic rings. The van der Waals surface area contributed by atoms with Gasteiger partial charge in [0.2, 0.25) is 5.89 Å². The lowest BCUT2D eigenvalue weighted by Crippen LogP contribution is -2.41. The quantitative estimate of drug-likeness (QED) is 0.521. The number of unbranched alkanes of at least 4 members (excludes halogenated alkanes) is 1. The minimum absolute atomic E-state index is 0.179. The monoisotopic (exact) mass is 453 g/mol. The summed E-state index contributed by atoms with van der Waals surface area (Å²) in [5, 5.41) is 4.49. The number of hydrogen-bond acceptors (Lipinski definition) is 6. The van der Waals surface area contributed by atoms with Gasteiger partial charge in [-0.15, -0.1) is 0 Å². The van der Waals surface area contributed by atoms with Crippen LogP contribution in [0.1, 0.15) is 60.5 Å². The number of fused-ring (bicyclic) bond motifs is 2. The third kappa shape index (κ3) is 3.62. The Morgan fingerprint density at radius 3 is 2.78 bits per heavy atom. The fourth-order valence-corrected chi connectivity index (χ4v) is 4.64. The normalized spacial score (nSPS) is 16.4. The number of aryl methyl sites for hydroxylation is 1. The zero-order chi connectivity index (χ0) is 22.2. The summed E-state index contributed by atoms with van der Waals surface area (Å²) >= 11 is 6.08. The first kappa shape index (κ1) is 20.9. The van der Waals surface area contributed by atoms with E-state index in [4.69, 9.17) is 16.1 Å². The summed E-state index contributed by atoms with van der Waals surface area (Å²) in [5.41, 5.74) is 2.42. The molecule has 0 bridgehead atoms. The molecule has 2 aromatic heterocycles. The van der Waals surface area contributed by atoms with Gasteiger partial charge in [0.15, 0.2) is 5.82 Å². The summed E-state index contributed by atoms with van der Waals surface area (Å²) in [4.78, 5) is 34.7. The number of halogens is 1. The molecule has 0 amide bonds. The first-order valence-electron chi connectivity index (χ1n) is 11.1. The Bertz CT molecular complexity index is 1320. The average molecular weight is 454 g/mol. The molecule has 1 atom stereocenters. The van der Waals surface area contributed by atoms with Crippen molar-refractivity contribution in [2.75, 3.05) is 0 Å². The summed E-state index contributed by atoms with van der Waals surface area (Å²) in [7, 11) is 0. The van der Waals surface area contributed by atoms with E-state index in [0.29, 0.717) is 47.7 Å². The predicted octanol–water partition coefficient (Wildman–Crippen LogP) is 3.34. The van der Waals surface area contributed by atoms with E-state index in [1.807, 2.05) is 12.1 Å². The van der Waals surface area contributed by atoms with Crippen LogP contribution >= 0.6 is 11.6 Å². The molecular formula is C23H24ClN5O3. The van der Waals surface area contributed by atoms with Crippen LogP contribution in [0.25, 0.3) is 0 Å². The van der Waals surface area contributed by atoms with Gasteiger partial charge >= 0.3 is 5.69 Å². The minimum atomic E-state index is -0.338. The van der Waals surface area contributed by atoms with Crippen LogP contribution in [-0.2, 0) is 32.4 Å². The molecule has 3 heterocycles. The Morgan fingerprint density at radius 2 is 1.97 bits per heavy atom. The van der Waals surface area contributed by atoms with Gasteiger partial charge in [-0.3, -0.25) is 13.9 Å². The Hall–Kier alpha value is -3.00. The second kappa shape index (κ2) is 8.50. The van der Waals surface area contributed by atoms with Crippen LogP contribution in [0.15, 0.2) is 43.4 Å². The minimum Gasteiger partial charge on any atom is -0.339 e. The van der Waals surface area contributed by atoms with Gasteiger partial charge in [-0.1, -0.05) is 54.4 Å². The first-order valence-corrected chi connectivity index (χ1v) is 11.4. The summed E-state index contributed by atoms with van der Waals surface area (Å²) in [6, 6.07) is 8.27. The number of nitrogens with zero attached hydrogens (tertiary/aromatic N) is 5. The fraction of sp³-hybridized carbons (Fsp3) is 0.435. The van der Waals surface area contributed by atoms with Crippen LogP contribution in [-0.4, -0.2) is 24.4 Å². The van der Waals surface area contributed by atoms with Crippen molar-refractivity contribution in [3.05, 3.63) is 73.5 Å². The van der Waals surface area contributed by atoms with E-state index in [2.05, 4.69) is 34.2 Å². The molecule has 0 saturated heterocycles. The van der Waals surface area contributed by atoms with Gasteiger partial charge in [-0.05, 0) is 30.4 Å². The van der Waals surface area contributed by atoms with E-state index in [9.17, 15) is 9.59 Å². The van der Waals surface area contributed by atoms with E-state index in [-0.39, 0.29) is 30.1 Å². The molecule has 1 aromatic carbocycles. The van der Waals surface area contributed by atoms with Crippen LogP contribution in [0.2, 0.25) is 0 Å². The molecule has 3 aromatic rings. The summed E-state index contributed by atoms with van der Waals surface area (Å²) in [6.45, 7) is 2.85.